The molecule has 1 aromatic rings. The van der Waals surface area contributed by atoms with Gasteiger partial charge in [0.1, 0.15) is 5.75 Å². The van der Waals surface area contributed by atoms with Crippen LogP contribution in [0.5, 0.6) is 5.75 Å². The van der Waals surface area contributed by atoms with E-state index in [-0.39, 0.29) is 10.6 Å². The molecule has 1 atom stereocenters. The first-order chi connectivity index (χ1) is 6.88. The second kappa shape index (κ2) is 4.88. The molecule has 0 spiro atoms. The summed E-state index contributed by atoms with van der Waals surface area (Å²) in [6, 6.07) is 6.58. The molecule has 0 aliphatic heterocycles. The molecular formula is C10H10BrF3O. The van der Waals surface area contributed by atoms with Crippen molar-refractivity contribution >= 4 is 15.9 Å². The Labute approximate surface area is 94.4 Å². The minimum atomic E-state index is -4.30. The fourth-order valence-electron chi connectivity index (χ4n) is 1.02. The van der Waals surface area contributed by atoms with Gasteiger partial charge in [0, 0.05) is 4.83 Å². The van der Waals surface area contributed by atoms with Gasteiger partial charge in [0.05, 0.1) is 0 Å². The summed E-state index contributed by atoms with van der Waals surface area (Å²) < 4.78 is 40.2. The second-order valence-electron chi connectivity index (χ2n) is 3.09. The van der Waals surface area contributed by atoms with Crippen LogP contribution in [0.1, 0.15) is 17.3 Å². The Kier molecular flexibility index (Phi) is 4.02. The predicted molar refractivity (Wildman–Crippen MR) is 55.3 cm³/mol. The van der Waals surface area contributed by atoms with Crippen LogP contribution in [0.25, 0.3) is 0 Å². The Morgan fingerprint density at radius 2 is 2.07 bits per heavy atom. The topological polar surface area (TPSA) is 9.23 Å². The maximum atomic E-state index is 11.9. The molecule has 0 radical (unpaired) electrons. The molecule has 0 fully saturated rings. The molecule has 1 nitrogen and oxygen atoms in total. The molecule has 0 bridgehead atoms. The lowest BCUT2D eigenvalue weighted by atomic mass is 10.2. The molecule has 1 unspecified atom stereocenters. The summed E-state index contributed by atoms with van der Waals surface area (Å²) in [4.78, 5) is 0.0898. The average Bonchev–Trinajstić information content (AvgIpc) is 2.14. The van der Waals surface area contributed by atoms with E-state index < -0.39 is 12.8 Å². The van der Waals surface area contributed by atoms with Crippen molar-refractivity contribution in [1.82, 2.24) is 0 Å². The normalized spacial score (nSPS) is 13.7. The van der Waals surface area contributed by atoms with Crippen LogP contribution in [0, 0.1) is 0 Å². The SMILES string of the molecule is CC(Br)c1cccc(OCC(F)(F)F)c1. The Morgan fingerprint density at radius 3 is 2.60 bits per heavy atom. The number of alkyl halides is 4. The maximum absolute atomic E-state index is 11.9. The zero-order valence-electron chi connectivity index (χ0n) is 8.01. The van der Waals surface area contributed by atoms with Crippen molar-refractivity contribution in [2.24, 2.45) is 0 Å². The summed E-state index contributed by atoms with van der Waals surface area (Å²) in [6.45, 7) is 0.635. The fraction of sp³-hybridized carbons (Fsp3) is 0.400. The summed E-state index contributed by atoms with van der Waals surface area (Å²) in [6.07, 6.45) is -4.30. The third-order valence-corrected chi connectivity index (χ3v) is 2.25. The standard InChI is InChI=1S/C10H10BrF3O/c1-7(11)8-3-2-4-9(5-8)15-6-10(12,13)14/h2-5,7H,6H2,1H3. The molecule has 0 saturated heterocycles. The summed E-state index contributed by atoms with van der Waals surface area (Å²) in [5.74, 6) is 0.233. The van der Waals surface area contributed by atoms with E-state index in [2.05, 4.69) is 20.7 Å². The van der Waals surface area contributed by atoms with Gasteiger partial charge in [-0.2, -0.15) is 13.2 Å². The monoisotopic (exact) mass is 282 g/mol. The van der Waals surface area contributed by atoms with Gasteiger partial charge in [-0.1, -0.05) is 28.1 Å². The summed E-state index contributed by atoms with van der Waals surface area (Å²) >= 11 is 3.33. The lowest BCUT2D eigenvalue weighted by Crippen LogP contribution is -2.19. The van der Waals surface area contributed by atoms with Gasteiger partial charge in [-0.15, -0.1) is 0 Å². The highest BCUT2D eigenvalue weighted by Crippen LogP contribution is 2.26. The van der Waals surface area contributed by atoms with E-state index in [1.807, 2.05) is 13.0 Å². The quantitative estimate of drug-likeness (QED) is 0.759. The van der Waals surface area contributed by atoms with Crippen molar-refractivity contribution in [3.63, 3.8) is 0 Å². The van der Waals surface area contributed by atoms with Crippen LogP contribution < -0.4 is 4.74 Å². The number of hydrogen-bond acceptors (Lipinski definition) is 1. The highest BCUT2D eigenvalue weighted by atomic mass is 79.9. The van der Waals surface area contributed by atoms with Crippen LogP contribution in [0.4, 0.5) is 13.2 Å². The zero-order valence-corrected chi connectivity index (χ0v) is 9.60. The number of hydrogen-bond donors (Lipinski definition) is 0. The molecule has 0 amide bonds. The van der Waals surface area contributed by atoms with Gasteiger partial charge >= 0.3 is 6.18 Å². The summed E-state index contributed by atoms with van der Waals surface area (Å²) in [7, 11) is 0. The molecule has 5 heteroatoms. The van der Waals surface area contributed by atoms with Gasteiger partial charge in [0.25, 0.3) is 0 Å². The van der Waals surface area contributed by atoms with E-state index >= 15 is 0 Å². The molecule has 15 heavy (non-hydrogen) atoms. The Balaban J connectivity index is 2.66. The molecule has 0 saturated carbocycles. The number of rotatable bonds is 3. The number of benzene rings is 1. The number of halogens is 4. The lowest BCUT2D eigenvalue weighted by molar-refractivity contribution is -0.153. The van der Waals surface area contributed by atoms with E-state index in [9.17, 15) is 13.2 Å². The Hall–Kier alpha value is -0.710. The minimum Gasteiger partial charge on any atom is -0.484 e. The number of ether oxygens (including phenoxy) is 1. The molecule has 0 heterocycles. The van der Waals surface area contributed by atoms with Crippen LogP contribution in [0.3, 0.4) is 0 Å². The van der Waals surface area contributed by atoms with Crippen LogP contribution in [0.2, 0.25) is 0 Å². The van der Waals surface area contributed by atoms with E-state index in [0.29, 0.717) is 0 Å². The molecule has 1 rings (SSSR count). The van der Waals surface area contributed by atoms with Crippen LogP contribution in [0.15, 0.2) is 24.3 Å². The minimum absolute atomic E-state index is 0.0898. The van der Waals surface area contributed by atoms with Crippen molar-refractivity contribution in [2.75, 3.05) is 6.61 Å². The maximum Gasteiger partial charge on any atom is 0.422 e. The van der Waals surface area contributed by atoms with Gasteiger partial charge in [-0.25, -0.2) is 0 Å². The van der Waals surface area contributed by atoms with Crippen molar-refractivity contribution in [3.8, 4) is 5.75 Å². The first kappa shape index (κ1) is 12.4. The first-order valence-corrected chi connectivity index (χ1v) is 5.23. The highest BCUT2D eigenvalue weighted by Gasteiger charge is 2.28. The van der Waals surface area contributed by atoms with Gasteiger partial charge in [0.2, 0.25) is 0 Å². The van der Waals surface area contributed by atoms with Crippen LogP contribution in [-0.2, 0) is 0 Å². The zero-order chi connectivity index (χ0) is 11.5. The third kappa shape index (κ3) is 4.55. The first-order valence-electron chi connectivity index (χ1n) is 4.32. The predicted octanol–water partition coefficient (Wildman–Crippen LogP) is 4.08. The molecule has 0 aliphatic rings. The van der Waals surface area contributed by atoms with Crippen molar-refractivity contribution in [2.45, 2.75) is 17.9 Å². The summed E-state index contributed by atoms with van der Waals surface area (Å²) in [5, 5.41) is 0. The fourth-order valence-corrected chi connectivity index (χ4v) is 1.30. The van der Waals surface area contributed by atoms with Gasteiger partial charge in [-0.3, -0.25) is 0 Å². The molecular weight excluding hydrogens is 273 g/mol. The van der Waals surface area contributed by atoms with E-state index in [1.165, 1.54) is 6.07 Å². The van der Waals surface area contributed by atoms with Crippen molar-refractivity contribution in [3.05, 3.63) is 29.8 Å². The summed E-state index contributed by atoms with van der Waals surface area (Å²) in [5.41, 5.74) is 0.884. The average molecular weight is 283 g/mol. The van der Waals surface area contributed by atoms with Gasteiger partial charge < -0.3 is 4.74 Å². The van der Waals surface area contributed by atoms with E-state index in [4.69, 9.17) is 0 Å². The molecule has 0 aliphatic carbocycles. The molecule has 84 valence electrons. The third-order valence-electron chi connectivity index (χ3n) is 1.72. The van der Waals surface area contributed by atoms with E-state index in [1.54, 1.807) is 12.1 Å². The van der Waals surface area contributed by atoms with Crippen LogP contribution in [-0.4, -0.2) is 12.8 Å². The Morgan fingerprint density at radius 1 is 1.40 bits per heavy atom. The van der Waals surface area contributed by atoms with Gasteiger partial charge in [-0.05, 0) is 24.6 Å². The highest BCUT2D eigenvalue weighted by molar-refractivity contribution is 9.09. The second-order valence-corrected chi connectivity index (χ2v) is 4.47. The van der Waals surface area contributed by atoms with Crippen molar-refractivity contribution < 1.29 is 17.9 Å². The molecule has 0 N–H and O–H groups in total. The van der Waals surface area contributed by atoms with Crippen molar-refractivity contribution in [1.29, 1.82) is 0 Å². The Bertz CT molecular complexity index is 323. The molecule has 0 aromatic heterocycles. The van der Waals surface area contributed by atoms with E-state index in [0.717, 1.165) is 5.56 Å². The largest absolute Gasteiger partial charge is 0.484 e. The van der Waals surface area contributed by atoms with Gasteiger partial charge in [0.15, 0.2) is 6.61 Å². The smallest absolute Gasteiger partial charge is 0.422 e. The van der Waals surface area contributed by atoms with Crippen LogP contribution >= 0.6 is 15.9 Å². The lowest BCUT2D eigenvalue weighted by Gasteiger charge is -2.10. The molecule has 1 aromatic carbocycles.